The summed E-state index contributed by atoms with van der Waals surface area (Å²) in [6.07, 6.45) is 0. The first-order valence-electron chi connectivity index (χ1n) is 2.99. The van der Waals surface area contributed by atoms with Crippen LogP contribution in [0.4, 0.5) is 0 Å². The molecular formula is C7H6BrClIN. The predicted octanol–water partition coefficient (Wildman–Crippen LogP) is 3.17. The van der Waals surface area contributed by atoms with Crippen LogP contribution in [0.5, 0.6) is 0 Å². The summed E-state index contributed by atoms with van der Waals surface area (Å²) in [6.45, 7) is 0.469. The highest BCUT2D eigenvalue weighted by atomic mass is 127. The molecule has 0 fully saturated rings. The average molecular weight is 346 g/mol. The first-order chi connectivity index (χ1) is 5.16. The van der Waals surface area contributed by atoms with Crippen LogP contribution in [-0.4, -0.2) is 0 Å². The highest BCUT2D eigenvalue weighted by Crippen LogP contribution is 2.28. The second kappa shape index (κ2) is 4.07. The van der Waals surface area contributed by atoms with Crippen molar-refractivity contribution in [3.05, 3.63) is 30.8 Å². The van der Waals surface area contributed by atoms with Crippen molar-refractivity contribution >= 4 is 50.1 Å². The fourth-order valence-electron chi connectivity index (χ4n) is 0.756. The maximum absolute atomic E-state index is 5.98. The SMILES string of the molecule is NCc1c(Br)ccc(I)c1Cl. The van der Waals surface area contributed by atoms with Crippen LogP contribution in [0.15, 0.2) is 16.6 Å². The molecule has 0 spiro atoms. The molecule has 0 saturated heterocycles. The second-order valence-electron chi connectivity index (χ2n) is 2.03. The van der Waals surface area contributed by atoms with E-state index in [1.807, 2.05) is 12.1 Å². The average Bonchev–Trinajstić information content (AvgIpc) is 1.99. The van der Waals surface area contributed by atoms with Gasteiger partial charge in [-0.15, -0.1) is 0 Å². The van der Waals surface area contributed by atoms with E-state index >= 15 is 0 Å². The quantitative estimate of drug-likeness (QED) is 0.613. The second-order valence-corrected chi connectivity index (χ2v) is 4.42. The topological polar surface area (TPSA) is 26.0 Å². The Bertz CT molecular complexity index is 277. The Labute approximate surface area is 92.6 Å². The van der Waals surface area contributed by atoms with Crippen molar-refractivity contribution in [2.24, 2.45) is 5.73 Å². The first-order valence-corrected chi connectivity index (χ1v) is 5.24. The van der Waals surface area contributed by atoms with E-state index in [1.165, 1.54) is 0 Å². The van der Waals surface area contributed by atoms with E-state index in [2.05, 4.69) is 38.5 Å². The van der Waals surface area contributed by atoms with Crippen LogP contribution >= 0.6 is 50.1 Å². The summed E-state index contributed by atoms with van der Waals surface area (Å²) in [5.74, 6) is 0. The lowest BCUT2D eigenvalue weighted by molar-refractivity contribution is 1.06. The zero-order chi connectivity index (χ0) is 8.43. The Morgan fingerprint density at radius 2 is 2.18 bits per heavy atom. The number of benzene rings is 1. The van der Waals surface area contributed by atoms with Gasteiger partial charge in [0.05, 0.1) is 5.02 Å². The van der Waals surface area contributed by atoms with Crippen LogP contribution in [-0.2, 0) is 6.54 Å². The number of nitrogens with two attached hydrogens (primary N) is 1. The molecule has 60 valence electrons. The largest absolute Gasteiger partial charge is 0.326 e. The van der Waals surface area contributed by atoms with Gasteiger partial charge in [0.25, 0.3) is 0 Å². The summed E-state index contributed by atoms with van der Waals surface area (Å²) in [7, 11) is 0. The maximum atomic E-state index is 5.98. The summed E-state index contributed by atoms with van der Waals surface area (Å²) < 4.78 is 2.01. The molecule has 1 rings (SSSR count). The van der Waals surface area contributed by atoms with Gasteiger partial charge >= 0.3 is 0 Å². The number of halogens is 3. The molecule has 2 N–H and O–H groups in total. The van der Waals surface area contributed by atoms with Crippen molar-refractivity contribution in [2.45, 2.75) is 6.54 Å². The number of rotatable bonds is 1. The van der Waals surface area contributed by atoms with Crippen molar-refractivity contribution in [2.75, 3.05) is 0 Å². The van der Waals surface area contributed by atoms with Gasteiger partial charge in [-0.2, -0.15) is 0 Å². The van der Waals surface area contributed by atoms with Crippen LogP contribution in [0, 0.1) is 3.57 Å². The van der Waals surface area contributed by atoms with Crippen molar-refractivity contribution in [3.63, 3.8) is 0 Å². The predicted molar refractivity (Wildman–Crippen MR) is 59.8 cm³/mol. The first kappa shape index (κ1) is 9.77. The molecule has 0 aliphatic carbocycles. The smallest absolute Gasteiger partial charge is 0.0595 e. The molecule has 0 radical (unpaired) electrons. The molecule has 0 aliphatic rings. The van der Waals surface area contributed by atoms with Crippen molar-refractivity contribution in [1.82, 2.24) is 0 Å². The molecule has 0 saturated carbocycles. The summed E-state index contributed by atoms with van der Waals surface area (Å²) in [5.41, 5.74) is 6.47. The Morgan fingerprint density at radius 1 is 1.55 bits per heavy atom. The highest BCUT2D eigenvalue weighted by Gasteiger charge is 2.05. The molecule has 1 aromatic carbocycles. The third-order valence-corrected chi connectivity index (χ3v) is 3.74. The third kappa shape index (κ3) is 2.08. The van der Waals surface area contributed by atoms with Gasteiger partial charge in [0, 0.05) is 14.6 Å². The normalized spacial score (nSPS) is 10.2. The van der Waals surface area contributed by atoms with Gasteiger partial charge in [-0.05, 0) is 40.3 Å². The molecule has 0 heterocycles. The summed E-state index contributed by atoms with van der Waals surface area (Å²) >= 11 is 11.5. The van der Waals surface area contributed by atoms with Crippen LogP contribution in [0.1, 0.15) is 5.56 Å². The molecule has 4 heteroatoms. The van der Waals surface area contributed by atoms with Crippen LogP contribution in [0.25, 0.3) is 0 Å². The van der Waals surface area contributed by atoms with E-state index in [0.717, 1.165) is 18.6 Å². The van der Waals surface area contributed by atoms with Gasteiger partial charge in [-0.1, -0.05) is 27.5 Å². The van der Waals surface area contributed by atoms with Crippen LogP contribution in [0.3, 0.4) is 0 Å². The summed E-state index contributed by atoms with van der Waals surface area (Å²) in [4.78, 5) is 0. The van der Waals surface area contributed by atoms with Gasteiger partial charge in [-0.3, -0.25) is 0 Å². The van der Waals surface area contributed by atoms with Crippen molar-refractivity contribution in [1.29, 1.82) is 0 Å². The molecule has 1 nitrogen and oxygen atoms in total. The van der Waals surface area contributed by atoms with Gasteiger partial charge in [-0.25, -0.2) is 0 Å². The number of hydrogen-bond donors (Lipinski definition) is 1. The van der Waals surface area contributed by atoms with Gasteiger partial charge in [0.1, 0.15) is 0 Å². The van der Waals surface area contributed by atoms with E-state index in [0.29, 0.717) is 6.54 Å². The minimum Gasteiger partial charge on any atom is -0.326 e. The summed E-state index contributed by atoms with van der Waals surface area (Å²) in [5, 5.41) is 0.752. The fraction of sp³-hybridized carbons (Fsp3) is 0.143. The molecule has 0 unspecified atom stereocenters. The highest BCUT2D eigenvalue weighted by molar-refractivity contribution is 14.1. The Balaban J connectivity index is 3.29. The lowest BCUT2D eigenvalue weighted by Gasteiger charge is -2.04. The van der Waals surface area contributed by atoms with E-state index in [1.54, 1.807) is 0 Å². The standard InChI is InChI=1S/C7H6BrClIN/c8-5-1-2-6(10)7(9)4(5)3-11/h1-2H,3,11H2. The van der Waals surface area contributed by atoms with Gasteiger partial charge in [0.2, 0.25) is 0 Å². The lowest BCUT2D eigenvalue weighted by atomic mass is 10.2. The lowest BCUT2D eigenvalue weighted by Crippen LogP contribution is -1.99. The van der Waals surface area contributed by atoms with Crippen LogP contribution < -0.4 is 5.73 Å². The third-order valence-electron chi connectivity index (χ3n) is 1.34. The molecule has 1 aromatic rings. The van der Waals surface area contributed by atoms with E-state index in [-0.39, 0.29) is 0 Å². The molecule has 0 aliphatic heterocycles. The van der Waals surface area contributed by atoms with E-state index < -0.39 is 0 Å². The molecule has 0 bridgehead atoms. The number of hydrogen-bond acceptors (Lipinski definition) is 1. The molecule has 0 atom stereocenters. The van der Waals surface area contributed by atoms with Gasteiger partial charge < -0.3 is 5.73 Å². The Morgan fingerprint density at radius 3 is 2.64 bits per heavy atom. The minimum atomic E-state index is 0.469. The molecule has 0 aromatic heterocycles. The maximum Gasteiger partial charge on any atom is 0.0595 e. The fourth-order valence-corrected chi connectivity index (χ4v) is 2.11. The zero-order valence-electron chi connectivity index (χ0n) is 5.57. The molecule has 0 amide bonds. The van der Waals surface area contributed by atoms with Crippen molar-refractivity contribution in [3.8, 4) is 0 Å². The Kier molecular flexibility index (Phi) is 3.61. The molecular weight excluding hydrogens is 340 g/mol. The zero-order valence-corrected chi connectivity index (χ0v) is 10.1. The van der Waals surface area contributed by atoms with E-state index in [9.17, 15) is 0 Å². The van der Waals surface area contributed by atoms with Crippen molar-refractivity contribution < 1.29 is 0 Å². The minimum absolute atomic E-state index is 0.469. The summed E-state index contributed by atoms with van der Waals surface area (Å²) in [6, 6.07) is 3.90. The monoisotopic (exact) mass is 345 g/mol. The van der Waals surface area contributed by atoms with Crippen LogP contribution in [0.2, 0.25) is 5.02 Å². The Hall–Kier alpha value is 0.680. The van der Waals surface area contributed by atoms with E-state index in [4.69, 9.17) is 17.3 Å². The van der Waals surface area contributed by atoms with Gasteiger partial charge in [0.15, 0.2) is 0 Å². The molecule has 11 heavy (non-hydrogen) atoms.